The van der Waals surface area contributed by atoms with Crippen molar-refractivity contribution in [3.63, 3.8) is 0 Å². The quantitative estimate of drug-likeness (QED) is 0.462. The zero-order valence-electron chi connectivity index (χ0n) is 15.7. The van der Waals surface area contributed by atoms with Crippen LogP contribution in [0.5, 0.6) is 0 Å². The van der Waals surface area contributed by atoms with Gasteiger partial charge in [-0.25, -0.2) is 9.69 Å². The minimum atomic E-state index is -0.959. The minimum absolute atomic E-state index is 0.384. The molecule has 0 saturated carbocycles. The van der Waals surface area contributed by atoms with E-state index < -0.39 is 30.4 Å². The normalized spacial score (nSPS) is 14.6. The van der Waals surface area contributed by atoms with Crippen molar-refractivity contribution in [1.82, 2.24) is 14.4 Å². The van der Waals surface area contributed by atoms with Gasteiger partial charge in [0.1, 0.15) is 0 Å². The molecule has 2 aromatic rings. The number of ketones is 1. The zero-order chi connectivity index (χ0) is 19.9. The lowest BCUT2D eigenvalue weighted by atomic mass is 10.1. The molecule has 3 rings (SSSR count). The number of rotatable bonds is 5. The summed E-state index contributed by atoms with van der Waals surface area (Å²) in [7, 11) is 0. The Balaban J connectivity index is 1.89. The summed E-state index contributed by atoms with van der Waals surface area (Å²) in [5.74, 6) is -2.23. The highest BCUT2D eigenvalue weighted by atomic mass is 16.2. The zero-order valence-corrected chi connectivity index (χ0v) is 15.7. The monoisotopic (exact) mass is 367 g/mol. The van der Waals surface area contributed by atoms with Gasteiger partial charge in [0.05, 0.1) is 6.54 Å². The SMILES string of the molecule is Cc1cc(C(=O)CN2C(=O)C(=O)N(C(C)C)C2=O)c(C)n1-c1ccccc1. The molecule has 1 aromatic heterocycles. The van der Waals surface area contributed by atoms with E-state index in [1.807, 2.05) is 48.7 Å². The molecule has 0 aliphatic carbocycles. The van der Waals surface area contributed by atoms with Crippen molar-refractivity contribution < 1.29 is 19.2 Å². The Kier molecular flexibility index (Phi) is 4.70. The van der Waals surface area contributed by atoms with Crippen LogP contribution in [0.2, 0.25) is 0 Å². The third kappa shape index (κ3) is 3.05. The summed E-state index contributed by atoms with van der Waals surface area (Å²) in [6.45, 7) is 6.52. The van der Waals surface area contributed by atoms with Gasteiger partial charge in [0.15, 0.2) is 5.78 Å². The van der Waals surface area contributed by atoms with Crippen LogP contribution in [0, 0.1) is 13.8 Å². The molecule has 1 aliphatic heterocycles. The van der Waals surface area contributed by atoms with E-state index in [0.717, 1.165) is 26.9 Å². The molecule has 4 amide bonds. The maximum atomic E-state index is 12.8. The van der Waals surface area contributed by atoms with Crippen LogP contribution in [0.15, 0.2) is 36.4 Å². The van der Waals surface area contributed by atoms with E-state index in [0.29, 0.717) is 5.56 Å². The highest BCUT2D eigenvalue weighted by Crippen LogP contribution is 2.22. The molecule has 0 spiro atoms. The first-order valence-electron chi connectivity index (χ1n) is 8.70. The van der Waals surface area contributed by atoms with Crippen molar-refractivity contribution in [3.05, 3.63) is 53.3 Å². The Hall–Kier alpha value is -3.22. The standard InChI is InChI=1S/C20H21N3O4/c1-12(2)22-19(26)18(25)21(20(22)27)11-17(24)16-10-13(3)23(14(16)4)15-8-6-5-7-9-15/h5-10,12H,11H2,1-4H3. The minimum Gasteiger partial charge on any atom is -0.318 e. The second-order valence-corrected chi connectivity index (χ2v) is 6.82. The van der Waals surface area contributed by atoms with E-state index >= 15 is 0 Å². The lowest BCUT2D eigenvalue weighted by Crippen LogP contribution is -2.39. The number of benzene rings is 1. The first-order valence-corrected chi connectivity index (χ1v) is 8.70. The van der Waals surface area contributed by atoms with Gasteiger partial charge in [-0.05, 0) is 45.9 Å². The molecule has 0 radical (unpaired) electrons. The van der Waals surface area contributed by atoms with Crippen molar-refractivity contribution in [1.29, 1.82) is 0 Å². The van der Waals surface area contributed by atoms with E-state index in [9.17, 15) is 19.2 Å². The molecule has 1 aromatic carbocycles. The summed E-state index contributed by atoms with van der Waals surface area (Å²) in [6, 6.07) is 10.1. The Morgan fingerprint density at radius 2 is 1.63 bits per heavy atom. The van der Waals surface area contributed by atoms with Crippen LogP contribution < -0.4 is 0 Å². The Bertz CT molecular complexity index is 944. The molecule has 7 nitrogen and oxygen atoms in total. The molecular weight excluding hydrogens is 346 g/mol. The molecule has 27 heavy (non-hydrogen) atoms. The summed E-state index contributed by atoms with van der Waals surface area (Å²) < 4.78 is 1.94. The first kappa shape index (κ1) is 18.6. The predicted molar refractivity (Wildman–Crippen MR) is 98.7 cm³/mol. The molecule has 140 valence electrons. The van der Waals surface area contributed by atoms with Gasteiger partial charge >= 0.3 is 17.8 Å². The Morgan fingerprint density at radius 3 is 2.19 bits per heavy atom. The van der Waals surface area contributed by atoms with Crippen molar-refractivity contribution in [3.8, 4) is 5.69 Å². The van der Waals surface area contributed by atoms with Gasteiger partial charge in [0, 0.05) is 28.7 Å². The molecule has 7 heteroatoms. The number of para-hydroxylation sites is 1. The topological polar surface area (TPSA) is 79.7 Å². The summed E-state index contributed by atoms with van der Waals surface area (Å²) in [6.07, 6.45) is 0. The Morgan fingerprint density at radius 1 is 1.00 bits per heavy atom. The van der Waals surface area contributed by atoms with Gasteiger partial charge in [-0.2, -0.15) is 0 Å². The fourth-order valence-electron chi connectivity index (χ4n) is 3.37. The number of nitrogens with zero attached hydrogens (tertiary/aromatic N) is 3. The highest BCUT2D eigenvalue weighted by molar-refractivity contribution is 6.45. The average molecular weight is 367 g/mol. The first-order chi connectivity index (χ1) is 12.7. The molecule has 0 N–H and O–H groups in total. The molecule has 0 atom stereocenters. The smallest absolute Gasteiger partial charge is 0.318 e. The maximum absolute atomic E-state index is 12.8. The van der Waals surface area contributed by atoms with E-state index in [1.165, 1.54) is 0 Å². The van der Waals surface area contributed by atoms with E-state index in [4.69, 9.17) is 0 Å². The number of Topliss-reactive ketones (excluding diaryl/α,β-unsaturated/α-hetero) is 1. The van der Waals surface area contributed by atoms with E-state index in [2.05, 4.69) is 0 Å². The van der Waals surface area contributed by atoms with Gasteiger partial charge in [0.25, 0.3) is 0 Å². The number of hydrogen-bond acceptors (Lipinski definition) is 4. The third-order valence-corrected chi connectivity index (χ3v) is 4.65. The summed E-state index contributed by atoms with van der Waals surface area (Å²) in [4.78, 5) is 50.9. The van der Waals surface area contributed by atoms with Crippen molar-refractivity contribution in [2.75, 3.05) is 6.54 Å². The van der Waals surface area contributed by atoms with Gasteiger partial charge < -0.3 is 4.57 Å². The number of carbonyl (C=O) groups is 4. The number of hydrogen-bond donors (Lipinski definition) is 0. The molecule has 2 heterocycles. The number of imide groups is 2. The molecular formula is C20H21N3O4. The van der Waals surface area contributed by atoms with Crippen LogP contribution in [0.4, 0.5) is 4.79 Å². The van der Waals surface area contributed by atoms with Crippen LogP contribution in [-0.2, 0) is 9.59 Å². The molecule has 1 aliphatic rings. The molecule has 0 unspecified atom stereocenters. The van der Waals surface area contributed by atoms with Crippen LogP contribution in [0.1, 0.15) is 35.6 Å². The summed E-state index contributed by atoms with van der Waals surface area (Å²) in [5, 5.41) is 0. The van der Waals surface area contributed by atoms with Crippen LogP contribution in [0.25, 0.3) is 5.69 Å². The second kappa shape index (κ2) is 6.83. The predicted octanol–water partition coefficient (Wildman–Crippen LogP) is 2.48. The van der Waals surface area contributed by atoms with Gasteiger partial charge in [-0.15, -0.1) is 0 Å². The van der Waals surface area contributed by atoms with Crippen molar-refractivity contribution >= 4 is 23.6 Å². The Labute approximate surface area is 157 Å². The maximum Gasteiger partial charge on any atom is 0.334 e. The number of carbonyl (C=O) groups excluding carboxylic acids is 4. The lowest BCUT2D eigenvalue weighted by molar-refractivity contribution is -0.143. The number of aryl methyl sites for hydroxylation is 1. The summed E-state index contributed by atoms with van der Waals surface area (Å²) in [5.41, 5.74) is 2.92. The fraction of sp³-hybridized carbons (Fsp3) is 0.300. The number of amides is 4. The third-order valence-electron chi connectivity index (χ3n) is 4.65. The summed E-state index contributed by atoms with van der Waals surface area (Å²) >= 11 is 0. The largest absolute Gasteiger partial charge is 0.334 e. The van der Waals surface area contributed by atoms with E-state index in [-0.39, 0.29) is 5.78 Å². The van der Waals surface area contributed by atoms with Crippen LogP contribution >= 0.6 is 0 Å². The highest BCUT2D eigenvalue weighted by Gasteiger charge is 2.46. The van der Waals surface area contributed by atoms with Crippen LogP contribution in [-0.4, -0.2) is 50.6 Å². The van der Waals surface area contributed by atoms with Gasteiger partial charge in [-0.1, -0.05) is 18.2 Å². The average Bonchev–Trinajstić information content (AvgIpc) is 3.03. The molecule has 1 saturated heterocycles. The number of aromatic nitrogens is 1. The number of urea groups is 1. The van der Waals surface area contributed by atoms with Crippen LogP contribution in [0.3, 0.4) is 0 Å². The van der Waals surface area contributed by atoms with Crippen molar-refractivity contribution in [2.24, 2.45) is 0 Å². The molecule has 1 fully saturated rings. The van der Waals surface area contributed by atoms with Crippen molar-refractivity contribution in [2.45, 2.75) is 33.7 Å². The van der Waals surface area contributed by atoms with Gasteiger partial charge in [-0.3, -0.25) is 19.3 Å². The second-order valence-electron chi connectivity index (χ2n) is 6.82. The fourth-order valence-corrected chi connectivity index (χ4v) is 3.37. The molecule has 0 bridgehead atoms. The lowest BCUT2D eigenvalue weighted by Gasteiger charge is -2.18. The van der Waals surface area contributed by atoms with E-state index in [1.54, 1.807) is 19.9 Å². The van der Waals surface area contributed by atoms with Gasteiger partial charge in [0.2, 0.25) is 0 Å².